The molecule has 1 aliphatic heterocycles. The molecule has 0 radical (unpaired) electrons. The number of carbonyl (C=O) groups is 3. The highest BCUT2D eigenvalue weighted by Crippen LogP contribution is 2.29. The summed E-state index contributed by atoms with van der Waals surface area (Å²) >= 11 is 0. The van der Waals surface area contributed by atoms with E-state index < -0.39 is 65.9 Å². The normalized spacial score (nSPS) is 29.0. The summed E-state index contributed by atoms with van der Waals surface area (Å²) in [4.78, 5) is 36.4. The van der Waals surface area contributed by atoms with Crippen molar-refractivity contribution in [2.75, 3.05) is 6.61 Å². The van der Waals surface area contributed by atoms with Crippen LogP contribution in [0.5, 0.6) is 0 Å². The largest absolute Gasteiger partial charge is 0.455 e. The number of aliphatic hydroxyl groups excluding tert-OH is 2. The second-order valence-electron chi connectivity index (χ2n) is 8.71. The van der Waals surface area contributed by atoms with Gasteiger partial charge in [-0.3, -0.25) is 14.4 Å². The Morgan fingerprint density at radius 2 is 1.41 bits per heavy atom. The molecular formula is C18H31NO8. The summed E-state index contributed by atoms with van der Waals surface area (Å²) in [5.74, 6) is -1.72. The van der Waals surface area contributed by atoms with Gasteiger partial charge in [0.1, 0.15) is 12.1 Å². The Morgan fingerprint density at radius 3 is 1.78 bits per heavy atom. The van der Waals surface area contributed by atoms with E-state index in [1.165, 1.54) is 6.92 Å². The van der Waals surface area contributed by atoms with E-state index in [0.717, 1.165) is 0 Å². The molecule has 0 aromatic rings. The van der Waals surface area contributed by atoms with Gasteiger partial charge in [-0.1, -0.05) is 0 Å². The van der Waals surface area contributed by atoms with E-state index in [1.807, 2.05) is 0 Å². The average molecular weight is 389 g/mol. The predicted octanol–water partition coefficient (Wildman–Crippen LogP) is 0.116. The second kappa shape index (κ2) is 8.53. The van der Waals surface area contributed by atoms with Crippen LogP contribution in [0.3, 0.4) is 0 Å². The molecule has 0 unspecified atom stereocenters. The molecule has 1 heterocycles. The molecule has 1 fully saturated rings. The maximum Gasteiger partial charge on any atom is 0.311 e. The predicted molar refractivity (Wildman–Crippen MR) is 94.2 cm³/mol. The summed E-state index contributed by atoms with van der Waals surface area (Å²) in [6, 6.07) is -1.17. The van der Waals surface area contributed by atoms with Gasteiger partial charge in [-0.25, -0.2) is 0 Å². The van der Waals surface area contributed by atoms with E-state index in [-0.39, 0.29) is 0 Å². The van der Waals surface area contributed by atoms with Crippen molar-refractivity contribution in [1.82, 2.24) is 5.32 Å². The van der Waals surface area contributed by atoms with Crippen LogP contribution in [0.15, 0.2) is 0 Å². The number of rotatable bonds is 4. The zero-order chi connectivity index (χ0) is 21.2. The van der Waals surface area contributed by atoms with Crippen molar-refractivity contribution in [3.63, 3.8) is 0 Å². The quantitative estimate of drug-likeness (QED) is 0.578. The van der Waals surface area contributed by atoms with Crippen molar-refractivity contribution in [2.45, 2.75) is 79.1 Å². The molecule has 0 aromatic heterocycles. The second-order valence-corrected chi connectivity index (χ2v) is 8.71. The SMILES string of the molecule is CC(=O)N[C@@H]1[C@@H](OC(=O)C(C)(C)C)[C@@H](OC(=O)C(C)(C)C)[C@@H](CO)O[C@@H]1O. The fourth-order valence-electron chi connectivity index (χ4n) is 2.34. The molecule has 0 aromatic carbocycles. The third-order valence-corrected chi connectivity index (χ3v) is 3.93. The smallest absolute Gasteiger partial charge is 0.311 e. The number of hydrogen-bond acceptors (Lipinski definition) is 8. The minimum absolute atomic E-state index is 0.497. The van der Waals surface area contributed by atoms with Crippen LogP contribution in [-0.2, 0) is 28.6 Å². The van der Waals surface area contributed by atoms with E-state index in [2.05, 4.69) is 5.32 Å². The Bertz CT molecular complexity index is 563. The van der Waals surface area contributed by atoms with E-state index in [4.69, 9.17) is 14.2 Å². The van der Waals surface area contributed by atoms with E-state index in [9.17, 15) is 24.6 Å². The highest BCUT2D eigenvalue weighted by atomic mass is 16.7. The fourth-order valence-corrected chi connectivity index (χ4v) is 2.34. The van der Waals surface area contributed by atoms with Crippen LogP contribution in [-0.4, -0.2) is 65.3 Å². The number of hydrogen-bond donors (Lipinski definition) is 3. The fraction of sp³-hybridized carbons (Fsp3) is 0.833. The summed E-state index contributed by atoms with van der Waals surface area (Å²) in [6.45, 7) is 10.5. The van der Waals surface area contributed by atoms with Gasteiger partial charge in [-0.2, -0.15) is 0 Å². The molecule has 1 aliphatic rings. The van der Waals surface area contributed by atoms with Crippen LogP contribution < -0.4 is 5.32 Å². The lowest BCUT2D eigenvalue weighted by Gasteiger charge is -2.44. The maximum absolute atomic E-state index is 12.4. The third kappa shape index (κ3) is 6.15. The minimum Gasteiger partial charge on any atom is -0.455 e. The lowest BCUT2D eigenvalue weighted by atomic mass is 9.93. The first-order valence-corrected chi connectivity index (χ1v) is 8.82. The number of esters is 2. The van der Waals surface area contributed by atoms with Crippen LogP contribution in [0.25, 0.3) is 0 Å². The van der Waals surface area contributed by atoms with Gasteiger partial charge in [0, 0.05) is 6.92 Å². The number of amides is 1. The van der Waals surface area contributed by atoms with Gasteiger partial charge in [0.15, 0.2) is 18.5 Å². The Balaban J connectivity index is 3.27. The number of ether oxygens (including phenoxy) is 3. The molecule has 0 spiro atoms. The molecule has 156 valence electrons. The highest BCUT2D eigenvalue weighted by Gasteiger charge is 2.51. The average Bonchev–Trinajstić information content (AvgIpc) is 2.50. The van der Waals surface area contributed by atoms with Crippen LogP contribution >= 0.6 is 0 Å². The third-order valence-electron chi connectivity index (χ3n) is 3.93. The van der Waals surface area contributed by atoms with Crippen LogP contribution in [0, 0.1) is 10.8 Å². The molecule has 0 saturated carbocycles. The molecule has 1 saturated heterocycles. The van der Waals surface area contributed by atoms with Gasteiger partial charge in [-0.15, -0.1) is 0 Å². The van der Waals surface area contributed by atoms with Crippen LogP contribution in [0.4, 0.5) is 0 Å². The molecule has 0 aliphatic carbocycles. The molecule has 3 N–H and O–H groups in total. The van der Waals surface area contributed by atoms with Crippen molar-refractivity contribution in [3.8, 4) is 0 Å². The summed E-state index contributed by atoms with van der Waals surface area (Å²) in [7, 11) is 0. The van der Waals surface area contributed by atoms with Crippen molar-refractivity contribution in [1.29, 1.82) is 0 Å². The van der Waals surface area contributed by atoms with E-state index in [0.29, 0.717) is 0 Å². The standard InChI is InChI=1S/C18H31NO8/c1-9(21)19-11-13(27-16(24)18(5,6)7)12(10(8-20)25-14(11)22)26-15(23)17(2,3)4/h10-14,20,22H,8H2,1-7H3,(H,19,21)/t10-,11-,12+,13-,14+/m1/s1. The highest BCUT2D eigenvalue weighted by molar-refractivity contribution is 5.77. The van der Waals surface area contributed by atoms with Crippen LogP contribution in [0.1, 0.15) is 48.5 Å². The van der Waals surface area contributed by atoms with Crippen molar-refractivity contribution >= 4 is 17.8 Å². The molecular weight excluding hydrogens is 358 g/mol. The maximum atomic E-state index is 12.4. The first-order valence-electron chi connectivity index (χ1n) is 8.82. The van der Waals surface area contributed by atoms with Crippen molar-refractivity contribution < 1.29 is 38.8 Å². The van der Waals surface area contributed by atoms with Crippen molar-refractivity contribution in [2.24, 2.45) is 10.8 Å². The van der Waals surface area contributed by atoms with Gasteiger partial charge in [0.25, 0.3) is 0 Å². The van der Waals surface area contributed by atoms with Crippen molar-refractivity contribution in [3.05, 3.63) is 0 Å². The first-order chi connectivity index (χ1) is 12.2. The van der Waals surface area contributed by atoms with Gasteiger partial charge >= 0.3 is 11.9 Å². The zero-order valence-electron chi connectivity index (χ0n) is 16.9. The van der Waals surface area contributed by atoms with E-state index >= 15 is 0 Å². The topological polar surface area (TPSA) is 131 Å². The minimum atomic E-state index is -1.56. The number of carbonyl (C=O) groups excluding carboxylic acids is 3. The Hall–Kier alpha value is -1.71. The molecule has 1 amide bonds. The van der Waals surface area contributed by atoms with Gasteiger partial charge < -0.3 is 29.7 Å². The summed E-state index contributed by atoms with van der Waals surface area (Å²) in [6.07, 6.45) is -5.15. The van der Waals surface area contributed by atoms with E-state index in [1.54, 1.807) is 41.5 Å². The monoisotopic (exact) mass is 389 g/mol. The number of aliphatic hydroxyl groups is 2. The van der Waals surface area contributed by atoms with Gasteiger partial charge in [0.2, 0.25) is 5.91 Å². The summed E-state index contributed by atoms with van der Waals surface area (Å²) in [5, 5.41) is 22.3. The Kier molecular flexibility index (Phi) is 7.37. The lowest BCUT2D eigenvalue weighted by Crippen LogP contribution is -2.66. The summed E-state index contributed by atoms with van der Waals surface area (Å²) in [5.41, 5.74) is -1.74. The molecule has 0 bridgehead atoms. The zero-order valence-corrected chi connectivity index (χ0v) is 16.9. The molecule has 5 atom stereocenters. The molecule has 9 heteroatoms. The Morgan fingerprint density at radius 1 is 0.963 bits per heavy atom. The molecule has 1 rings (SSSR count). The molecule has 27 heavy (non-hydrogen) atoms. The van der Waals surface area contributed by atoms with Crippen LogP contribution in [0.2, 0.25) is 0 Å². The summed E-state index contributed by atoms with van der Waals surface area (Å²) < 4.78 is 16.3. The Labute approximate surface area is 159 Å². The first kappa shape index (κ1) is 23.3. The lowest BCUT2D eigenvalue weighted by molar-refractivity contribution is -0.267. The molecule has 9 nitrogen and oxygen atoms in total. The van der Waals surface area contributed by atoms with Gasteiger partial charge in [-0.05, 0) is 41.5 Å². The number of nitrogens with one attached hydrogen (secondary N) is 1. The van der Waals surface area contributed by atoms with Gasteiger partial charge in [0.05, 0.1) is 17.4 Å².